The first kappa shape index (κ1) is 19.4. The molecule has 2 aromatic carbocycles. The first-order valence-corrected chi connectivity index (χ1v) is 8.18. The van der Waals surface area contributed by atoms with E-state index in [1.54, 1.807) is 0 Å². The van der Waals surface area contributed by atoms with Gasteiger partial charge in [0, 0.05) is 30.2 Å². The van der Waals surface area contributed by atoms with Crippen molar-refractivity contribution >= 4 is 11.6 Å². The summed E-state index contributed by atoms with van der Waals surface area (Å²) in [4.78, 5) is 21.7. The summed E-state index contributed by atoms with van der Waals surface area (Å²) in [5.74, 6) is 0.330. The van der Waals surface area contributed by atoms with Crippen molar-refractivity contribution in [2.75, 3.05) is 0 Å². The number of nitrogens with zero attached hydrogens (tertiary/aromatic N) is 1. The van der Waals surface area contributed by atoms with Crippen molar-refractivity contribution in [2.24, 2.45) is 11.5 Å². The van der Waals surface area contributed by atoms with Crippen LogP contribution in [0.4, 0.5) is 5.69 Å². The van der Waals surface area contributed by atoms with E-state index in [0.29, 0.717) is 17.1 Å². The number of non-ortho nitro benzene ring substituents is 1. The first-order valence-electron chi connectivity index (χ1n) is 8.18. The number of nitro groups is 1. The summed E-state index contributed by atoms with van der Waals surface area (Å²) in [6, 6.07) is 10.9. The molecule has 0 saturated carbocycles. The molecule has 138 valence electrons. The van der Waals surface area contributed by atoms with E-state index >= 15 is 0 Å². The average Bonchev–Trinajstić information content (AvgIpc) is 2.54. The van der Waals surface area contributed by atoms with E-state index < -0.39 is 16.9 Å². The van der Waals surface area contributed by atoms with Gasteiger partial charge in [0.1, 0.15) is 11.5 Å². The zero-order valence-electron chi connectivity index (χ0n) is 15.1. The van der Waals surface area contributed by atoms with Crippen LogP contribution in [0.2, 0.25) is 0 Å². The number of nitro benzene ring substituents is 1. The molecule has 0 aliphatic heterocycles. The number of primary amides is 1. The molecule has 7 heteroatoms. The number of hydrogen-bond acceptors (Lipinski definition) is 5. The van der Waals surface area contributed by atoms with Gasteiger partial charge in [0.05, 0.1) is 4.92 Å². The topological polar surface area (TPSA) is 121 Å². The summed E-state index contributed by atoms with van der Waals surface area (Å²) in [5, 5.41) is 11.0. The quantitative estimate of drug-likeness (QED) is 0.604. The highest BCUT2D eigenvalue weighted by Gasteiger charge is 2.20. The van der Waals surface area contributed by atoms with Crippen LogP contribution in [0, 0.1) is 10.1 Å². The van der Waals surface area contributed by atoms with Crippen molar-refractivity contribution < 1.29 is 14.5 Å². The van der Waals surface area contributed by atoms with Gasteiger partial charge in [0.2, 0.25) is 5.91 Å². The molecule has 0 heterocycles. The Hall–Kier alpha value is -2.93. The summed E-state index contributed by atoms with van der Waals surface area (Å²) < 4.78 is 5.86. The van der Waals surface area contributed by atoms with Crippen molar-refractivity contribution in [2.45, 2.75) is 38.6 Å². The molecule has 0 radical (unpaired) electrons. The van der Waals surface area contributed by atoms with Crippen molar-refractivity contribution in [1.29, 1.82) is 0 Å². The van der Waals surface area contributed by atoms with Gasteiger partial charge in [-0.15, -0.1) is 0 Å². The fourth-order valence-electron chi connectivity index (χ4n) is 2.51. The lowest BCUT2D eigenvalue weighted by atomic mass is 9.87. The van der Waals surface area contributed by atoms with Crippen LogP contribution in [-0.4, -0.2) is 10.8 Å². The molecule has 0 saturated heterocycles. The Balaban J connectivity index is 2.35. The highest BCUT2D eigenvalue weighted by molar-refractivity contribution is 5.75. The van der Waals surface area contributed by atoms with Crippen LogP contribution in [0.3, 0.4) is 0 Å². The molecule has 0 aromatic heterocycles. The summed E-state index contributed by atoms with van der Waals surface area (Å²) >= 11 is 0. The lowest BCUT2D eigenvalue weighted by molar-refractivity contribution is -0.385. The minimum Gasteiger partial charge on any atom is -0.457 e. The van der Waals surface area contributed by atoms with E-state index in [-0.39, 0.29) is 17.5 Å². The van der Waals surface area contributed by atoms with Gasteiger partial charge in [-0.05, 0) is 29.2 Å². The van der Waals surface area contributed by atoms with Crippen LogP contribution in [0.15, 0.2) is 42.5 Å². The SMILES string of the molecule is CC(C)(C)c1ccc(Oc2ccc([N+](=O)[O-])cc2C(N)CC(N)=O)cc1. The molecule has 1 unspecified atom stereocenters. The summed E-state index contributed by atoms with van der Waals surface area (Å²) in [5.41, 5.74) is 12.6. The molecular weight excluding hydrogens is 334 g/mol. The zero-order chi connectivity index (χ0) is 19.5. The fraction of sp³-hybridized carbons (Fsp3) is 0.316. The lowest BCUT2D eigenvalue weighted by Gasteiger charge is -2.20. The third-order valence-corrected chi connectivity index (χ3v) is 3.97. The van der Waals surface area contributed by atoms with E-state index in [4.69, 9.17) is 16.2 Å². The van der Waals surface area contributed by atoms with E-state index in [1.165, 1.54) is 18.2 Å². The van der Waals surface area contributed by atoms with Crippen LogP contribution in [0.5, 0.6) is 11.5 Å². The first-order chi connectivity index (χ1) is 12.1. The molecule has 0 bridgehead atoms. The second-order valence-corrected chi connectivity index (χ2v) is 7.13. The van der Waals surface area contributed by atoms with Crippen molar-refractivity contribution in [3.05, 3.63) is 63.7 Å². The van der Waals surface area contributed by atoms with Gasteiger partial charge in [-0.3, -0.25) is 14.9 Å². The van der Waals surface area contributed by atoms with E-state index in [2.05, 4.69) is 20.8 Å². The predicted molar refractivity (Wildman–Crippen MR) is 99.1 cm³/mol. The van der Waals surface area contributed by atoms with E-state index in [0.717, 1.165) is 5.56 Å². The van der Waals surface area contributed by atoms with Gasteiger partial charge in [0.15, 0.2) is 0 Å². The maximum Gasteiger partial charge on any atom is 0.270 e. The van der Waals surface area contributed by atoms with Crippen LogP contribution < -0.4 is 16.2 Å². The molecule has 1 atom stereocenters. The normalized spacial score (nSPS) is 12.5. The standard InChI is InChI=1S/C19H23N3O4/c1-19(2,3)12-4-7-14(8-5-12)26-17-9-6-13(22(24)25)10-15(17)16(20)11-18(21)23/h4-10,16H,11,20H2,1-3H3,(H2,21,23). The van der Waals surface area contributed by atoms with Crippen molar-refractivity contribution in [3.63, 3.8) is 0 Å². The largest absolute Gasteiger partial charge is 0.457 e. The molecule has 1 amide bonds. The highest BCUT2D eigenvalue weighted by Crippen LogP contribution is 2.34. The molecule has 2 rings (SSSR count). The highest BCUT2D eigenvalue weighted by atomic mass is 16.6. The molecular formula is C19H23N3O4. The van der Waals surface area contributed by atoms with Gasteiger partial charge in [-0.2, -0.15) is 0 Å². The fourth-order valence-corrected chi connectivity index (χ4v) is 2.51. The van der Waals surface area contributed by atoms with E-state index in [1.807, 2.05) is 24.3 Å². The smallest absolute Gasteiger partial charge is 0.270 e. The second-order valence-electron chi connectivity index (χ2n) is 7.13. The number of ether oxygens (including phenoxy) is 1. The van der Waals surface area contributed by atoms with Gasteiger partial charge >= 0.3 is 0 Å². The molecule has 0 fully saturated rings. The lowest BCUT2D eigenvalue weighted by Crippen LogP contribution is -2.21. The molecule has 26 heavy (non-hydrogen) atoms. The van der Waals surface area contributed by atoms with Crippen molar-refractivity contribution in [3.8, 4) is 11.5 Å². The molecule has 0 aliphatic rings. The number of nitrogens with two attached hydrogens (primary N) is 2. The Labute approximate surface area is 152 Å². The van der Waals surface area contributed by atoms with Gasteiger partial charge in [0.25, 0.3) is 5.69 Å². The predicted octanol–water partition coefficient (Wildman–Crippen LogP) is 3.56. The number of carbonyl (C=O) groups excluding carboxylic acids is 1. The number of amides is 1. The van der Waals surface area contributed by atoms with Crippen LogP contribution in [0.1, 0.15) is 44.4 Å². The third kappa shape index (κ3) is 4.80. The minimum atomic E-state index is -0.795. The van der Waals surface area contributed by atoms with E-state index in [9.17, 15) is 14.9 Å². The van der Waals surface area contributed by atoms with Crippen molar-refractivity contribution in [1.82, 2.24) is 0 Å². The number of rotatable bonds is 6. The molecule has 0 aliphatic carbocycles. The van der Waals surface area contributed by atoms with Crippen LogP contribution in [-0.2, 0) is 10.2 Å². The molecule has 0 spiro atoms. The number of hydrogen-bond donors (Lipinski definition) is 2. The Morgan fingerprint density at radius 3 is 2.31 bits per heavy atom. The Kier molecular flexibility index (Phi) is 5.62. The van der Waals surface area contributed by atoms with Gasteiger partial charge < -0.3 is 16.2 Å². The average molecular weight is 357 g/mol. The number of benzene rings is 2. The minimum absolute atomic E-state index is 0.0148. The van der Waals surface area contributed by atoms with Crippen LogP contribution >= 0.6 is 0 Å². The summed E-state index contributed by atoms with van der Waals surface area (Å²) in [6.45, 7) is 6.33. The summed E-state index contributed by atoms with van der Waals surface area (Å²) in [7, 11) is 0. The second kappa shape index (κ2) is 7.53. The summed E-state index contributed by atoms with van der Waals surface area (Å²) in [6.07, 6.45) is -0.138. The maximum absolute atomic E-state index is 11.2. The Bertz CT molecular complexity index is 811. The van der Waals surface area contributed by atoms with Crippen LogP contribution in [0.25, 0.3) is 0 Å². The monoisotopic (exact) mass is 357 g/mol. The van der Waals surface area contributed by atoms with Gasteiger partial charge in [-0.1, -0.05) is 32.9 Å². The Morgan fingerprint density at radius 1 is 1.19 bits per heavy atom. The molecule has 7 nitrogen and oxygen atoms in total. The zero-order valence-corrected chi connectivity index (χ0v) is 15.1. The maximum atomic E-state index is 11.2. The molecule has 2 aromatic rings. The third-order valence-electron chi connectivity index (χ3n) is 3.97. The molecule has 4 N–H and O–H groups in total. The van der Waals surface area contributed by atoms with Gasteiger partial charge in [-0.25, -0.2) is 0 Å². The number of carbonyl (C=O) groups is 1. The Morgan fingerprint density at radius 2 is 1.81 bits per heavy atom.